The SMILES string of the molecule is CCNC(=O)C(C)NS(=O)(=O)c1cn[nH]c1C. The predicted octanol–water partition coefficient (Wildman–Crippen LogP) is -0.479. The van der Waals surface area contributed by atoms with Crippen LogP contribution in [0, 0.1) is 6.92 Å². The lowest BCUT2D eigenvalue weighted by molar-refractivity contribution is -0.122. The van der Waals surface area contributed by atoms with Crippen molar-refractivity contribution >= 4 is 15.9 Å². The van der Waals surface area contributed by atoms with Gasteiger partial charge in [-0.05, 0) is 20.8 Å². The first-order valence-electron chi connectivity index (χ1n) is 5.18. The Balaban J connectivity index is 2.81. The normalized spacial score (nSPS) is 13.4. The van der Waals surface area contributed by atoms with E-state index in [9.17, 15) is 13.2 Å². The van der Waals surface area contributed by atoms with E-state index in [1.54, 1.807) is 13.8 Å². The zero-order chi connectivity index (χ0) is 13.1. The molecule has 8 heteroatoms. The summed E-state index contributed by atoms with van der Waals surface area (Å²) < 4.78 is 26.0. The Morgan fingerprint density at radius 2 is 2.24 bits per heavy atom. The van der Waals surface area contributed by atoms with Gasteiger partial charge in [0.2, 0.25) is 15.9 Å². The van der Waals surface area contributed by atoms with Gasteiger partial charge in [-0.3, -0.25) is 9.89 Å². The van der Waals surface area contributed by atoms with Crippen molar-refractivity contribution in [3.05, 3.63) is 11.9 Å². The summed E-state index contributed by atoms with van der Waals surface area (Å²) >= 11 is 0. The molecule has 1 rings (SSSR count). The number of rotatable bonds is 5. The highest BCUT2D eigenvalue weighted by atomic mass is 32.2. The Bertz CT molecular complexity index is 494. The zero-order valence-electron chi connectivity index (χ0n) is 9.94. The molecule has 3 N–H and O–H groups in total. The van der Waals surface area contributed by atoms with Crippen LogP contribution in [-0.2, 0) is 14.8 Å². The van der Waals surface area contributed by atoms with Crippen LogP contribution in [0.25, 0.3) is 0 Å². The molecule has 0 aliphatic heterocycles. The summed E-state index contributed by atoms with van der Waals surface area (Å²) in [5, 5.41) is 8.70. The molecule has 1 aromatic rings. The van der Waals surface area contributed by atoms with Crippen LogP contribution in [0.2, 0.25) is 0 Å². The maximum absolute atomic E-state index is 11.9. The lowest BCUT2D eigenvalue weighted by Crippen LogP contribution is -2.44. The number of hydrogen-bond acceptors (Lipinski definition) is 4. The Labute approximate surface area is 100 Å². The van der Waals surface area contributed by atoms with E-state index in [4.69, 9.17) is 0 Å². The van der Waals surface area contributed by atoms with Crippen LogP contribution in [0.5, 0.6) is 0 Å². The number of H-pyrrole nitrogens is 1. The fourth-order valence-corrected chi connectivity index (χ4v) is 2.63. The Hall–Kier alpha value is -1.41. The number of hydrogen-bond donors (Lipinski definition) is 3. The number of amides is 1. The summed E-state index contributed by atoms with van der Waals surface area (Å²) in [6, 6.07) is -0.825. The minimum atomic E-state index is -3.71. The minimum absolute atomic E-state index is 0.0497. The van der Waals surface area contributed by atoms with Crippen molar-refractivity contribution in [2.45, 2.75) is 31.7 Å². The molecule has 0 radical (unpaired) electrons. The van der Waals surface area contributed by atoms with Crippen LogP contribution in [0.15, 0.2) is 11.1 Å². The van der Waals surface area contributed by atoms with Crippen molar-refractivity contribution < 1.29 is 13.2 Å². The second-order valence-corrected chi connectivity index (χ2v) is 5.28. The van der Waals surface area contributed by atoms with E-state index in [2.05, 4.69) is 20.2 Å². The van der Waals surface area contributed by atoms with Crippen LogP contribution in [0.4, 0.5) is 0 Å². The van der Waals surface area contributed by atoms with E-state index in [1.807, 2.05) is 0 Å². The first-order chi connectivity index (χ1) is 7.88. The third-order valence-electron chi connectivity index (χ3n) is 2.15. The summed E-state index contributed by atoms with van der Waals surface area (Å²) in [5.41, 5.74) is 0.431. The molecule has 1 unspecified atom stereocenters. The molecule has 0 aromatic carbocycles. The highest BCUT2D eigenvalue weighted by Gasteiger charge is 2.23. The second-order valence-electron chi connectivity index (χ2n) is 3.60. The largest absolute Gasteiger partial charge is 0.355 e. The Morgan fingerprint density at radius 3 is 2.71 bits per heavy atom. The van der Waals surface area contributed by atoms with Crippen LogP contribution in [0.1, 0.15) is 19.5 Å². The molecule has 96 valence electrons. The molecule has 0 saturated heterocycles. The van der Waals surface area contributed by atoms with Gasteiger partial charge in [-0.2, -0.15) is 9.82 Å². The topological polar surface area (TPSA) is 104 Å². The van der Waals surface area contributed by atoms with E-state index in [0.29, 0.717) is 12.2 Å². The molecule has 0 aliphatic rings. The summed E-state index contributed by atoms with van der Waals surface area (Å²) in [6.07, 6.45) is 1.21. The molecule has 0 fully saturated rings. The van der Waals surface area contributed by atoms with Crippen molar-refractivity contribution in [1.82, 2.24) is 20.2 Å². The number of sulfonamides is 1. The number of carbonyl (C=O) groups is 1. The molecule has 0 bridgehead atoms. The van der Waals surface area contributed by atoms with Gasteiger partial charge in [-0.1, -0.05) is 0 Å². The highest BCUT2D eigenvalue weighted by molar-refractivity contribution is 7.89. The molecule has 0 spiro atoms. The van der Waals surface area contributed by atoms with E-state index in [0.717, 1.165) is 0 Å². The van der Waals surface area contributed by atoms with Crippen LogP contribution in [0.3, 0.4) is 0 Å². The van der Waals surface area contributed by atoms with Gasteiger partial charge in [0.05, 0.1) is 17.9 Å². The lowest BCUT2D eigenvalue weighted by Gasteiger charge is -2.13. The van der Waals surface area contributed by atoms with Gasteiger partial charge in [0, 0.05) is 6.54 Å². The third kappa shape index (κ3) is 3.27. The van der Waals surface area contributed by atoms with Crippen LogP contribution in [-0.4, -0.2) is 37.1 Å². The lowest BCUT2D eigenvalue weighted by atomic mass is 10.3. The molecule has 17 heavy (non-hydrogen) atoms. The molecular formula is C9H16N4O3S. The first kappa shape index (κ1) is 13.7. The molecular weight excluding hydrogens is 244 g/mol. The maximum Gasteiger partial charge on any atom is 0.244 e. The van der Waals surface area contributed by atoms with Gasteiger partial charge in [-0.25, -0.2) is 8.42 Å². The van der Waals surface area contributed by atoms with E-state index >= 15 is 0 Å². The standard InChI is InChI=1S/C9H16N4O3S/c1-4-10-9(14)7(3)13-17(15,16)8-5-11-12-6(8)2/h5,7,13H,4H2,1-3H3,(H,10,14)(H,11,12). The van der Waals surface area contributed by atoms with E-state index < -0.39 is 16.1 Å². The monoisotopic (exact) mass is 260 g/mol. The summed E-state index contributed by atoms with van der Waals surface area (Å²) in [7, 11) is -3.71. The van der Waals surface area contributed by atoms with Crippen LogP contribution < -0.4 is 10.0 Å². The number of carbonyl (C=O) groups excluding carboxylic acids is 1. The van der Waals surface area contributed by atoms with E-state index in [-0.39, 0.29) is 10.8 Å². The van der Waals surface area contributed by atoms with Gasteiger partial charge in [0.15, 0.2) is 0 Å². The number of aryl methyl sites for hydroxylation is 1. The highest BCUT2D eigenvalue weighted by Crippen LogP contribution is 2.11. The van der Waals surface area contributed by atoms with Crippen molar-refractivity contribution in [2.75, 3.05) is 6.54 Å². The maximum atomic E-state index is 11.9. The molecule has 1 heterocycles. The molecule has 1 amide bonds. The Morgan fingerprint density at radius 1 is 1.59 bits per heavy atom. The van der Waals surface area contributed by atoms with E-state index in [1.165, 1.54) is 13.1 Å². The summed E-state index contributed by atoms with van der Waals surface area (Å²) in [5.74, 6) is -0.364. The molecule has 1 atom stereocenters. The number of nitrogens with zero attached hydrogens (tertiary/aromatic N) is 1. The van der Waals surface area contributed by atoms with Crippen molar-refractivity contribution in [3.8, 4) is 0 Å². The number of likely N-dealkylation sites (N-methyl/N-ethyl adjacent to an activating group) is 1. The average Bonchev–Trinajstić information content (AvgIpc) is 2.64. The van der Waals surface area contributed by atoms with Crippen LogP contribution >= 0.6 is 0 Å². The van der Waals surface area contributed by atoms with Crippen molar-refractivity contribution in [2.24, 2.45) is 0 Å². The number of nitrogens with one attached hydrogen (secondary N) is 3. The summed E-state index contributed by atoms with van der Waals surface area (Å²) in [4.78, 5) is 11.5. The predicted molar refractivity (Wildman–Crippen MR) is 61.8 cm³/mol. The minimum Gasteiger partial charge on any atom is -0.355 e. The molecule has 0 saturated carbocycles. The fraction of sp³-hybridized carbons (Fsp3) is 0.556. The zero-order valence-corrected chi connectivity index (χ0v) is 10.8. The molecule has 0 aliphatic carbocycles. The quantitative estimate of drug-likeness (QED) is 0.665. The van der Waals surface area contributed by atoms with Crippen molar-refractivity contribution in [3.63, 3.8) is 0 Å². The Kier molecular flexibility index (Phi) is 4.24. The third-order valence-corrected chi connectivity index (χ3v) is 3.80. The summed E-state index contributed by atoms with van der Waals surface area (Å²) in [6.45, 7) is 5.30. The number of aromatic amines is 1. The van der Waals surface area contributed by atoms with Gasteiger partial charge < -0.3 is 5.32 Å². The first-order valence-corrected chi connectivity index (χ1v) is 6.66. The van der Waals surface area contributed by atoms with Gasteiger partial charge in [0.25, 0.3) is 0 Å². The van der Waals surface area contributed by atoms with Gasteiger partial charge in [-0.15, -0.1) is 0 Å². The smallest absolute Gasteiger partial charge is 0.244 e. The fourth-order valence-electron chi connectivity index (χ4n) is 1.29. The number of aromatic nitrogens is 2. The van der Waals surface area contributed by atoms with Gasteiger partial charge in [0.1, 0.15) is 4.90 Å². The average molecular weight is 260 g/mol. The molecule has 7 nitrogen and oxygen atoms in total. The second kappa shape index (κ2) is 5.28. The van der Waals surface area contributed by atoms with Gasteiger partial charge >= 0.3 is 0 Å². The molecule has 1 aromatic heterocycles. The van der Waals surface area contributed by atoms with Crippen molar-refractivity contribution in [1.29, 1.82) is 0 Å².